The van der Waals surface area contributed by atoms with Crippen molar-refractivity contribution in [3.8, 4) is 0 Å². The molecule has 0 saturated carbocycles. The number of nitrogens with two attached hydrogens (primary N) is 1. The predicted octanol–water partition coefficient (Wildman–Crippen LogP) is 4.20. The van der Waals surface area contributed by atoms with Crippen molar-refractivity contribution in [2.45, 2.75) is 19.6 Å². The Bertz CT molecular complexity index is 493. The molecule has 18 heavy (non-hydrogen) atoms. The summed E-state index contributed by atoms with van der Waals surface area (Å²) in [7, 11) is 0. The molecule has 1 atom stereocenters. The van der Waals surface area contributed by atoms with Crippen LogP contribution in [0.1, 0.15) is 24.2 Å². The van der Waals surface area contributed by atoms with Gasteiger partial charge in [-0.25, -0.2) is 0 Å². The molecule has 0 amide bonds. The fraction of sp³-hybridized carbons (Fsp3) is 0.200. The highest BCUT2D eigenvalue weighted by atomic mass is 35.5. The van der Waals surface area contributed by atoms with Crippen molar-refractivity contribution in [3.63, 3.8) is 0 Å². The van der Waals surface area contributed by atoms with Crippen LogP contribution in [0.5, 0.6) is 0 Å². The third-order valence-electron chi connectivity index (χ3n) is 2.90. The van der Waals surface area contributed by atoms with Crippen LogP contribution in [-0.2, 0) is 11.3 Å². The molecule has 2 aromatic carbocycles. The SMILES string of the molecule is CC(OCc1c(N)cccc1Cl)c1ccccc1. The topological polar surface area (TPSA) is 35.2 Å². The average molecular weight is 262 g/mol. The number of ether oxygens (including phenoxy) is 1. The highest BCUT2D eigenvalue weighted by Gasteiger charge is 2.09. The van der Waals surface area contributed by atoms with Gasteiger partial charge >= 0.3 is 0 Å². The van der Waals surface area contributed by atoms with Gasteiger partial charge in [0, 0.05) is 16.3 Å². The molecular weight excluding hydrogens is 246 g/mol. The van der Waals surface area contributed by atoms with Crippen LogP contribution in [0, 0.1) is 0 Å². The number of hydrogen-bond acceptors (Lipinski definition) is 2. The van der Waals surface area contributed by atoms with Crippen LogP contribution < -0.4 is 5.73 Å². The van der Waals surface area contributed by atoms with Gasteiger partial charge in [0.15, 0.2) is 0 Å². The lowest BCUT2D eigenvalue weighted by atomic mass is 10.1. The number of nitrogen functional groups attached to an aromatic ring is 1. The molecule has 0 aliphatic heterocycles. The Morgan fingerprint density at radius 1 is 1.11 bits per heavy atom. The molecule has 0 saturated heterocycles. The molecule has 0 radical (unpaired) electrons. The summed E-state index contributed by atoms with van der Waals surface area (Å²) in [5.41, 5.74) is 8.54. The fourth-order valence-corrected chi connectivity index (χ4v) is 1.99. The lowest BCUT2D eigenvalue weighted by Gasteiger charge is -2.15. The normalized spacial score (nSPS) is 12.3. The Labute approximate surface area is 112 Å². The fourth-order valence-electron chi connectivity index (χ4n) is 1.76. The molecule has 2 rings (SSSR count). The summed E-state index contributed by atoms with van der Waals surface area (Å²) in [4.78, 5) is 0. The zero-order valence-corrected chi connectivity index (χ0v) is 11.0. The number of benzene rings is 2. The van der Waals surface area contributed by atoms with Gasteiger partial charge < -0.3 is 10.5 Å². The van der Waals surface area contributed by atoms with E-state index in [0.717, 1.165) is 11.1 Å². The van der Waals surface area contributed by atoms with Crippen molar-refractivity contribution < 1.29 is 4.74 Å². The number of anilines is 1. The van der Waals surface area contributed by atoms with E-state index < -0.39 is 0 Å². The molecule has 3 heteroatoms. The molecule has 2 N–H and O–H groups in total. The van der Waals surface area contributed by atoms with Crippen molar-refractivity contribution in [1.29, 1.82) is 0 Å². The van der Waals surface area contributed by atoms with E-state index >= 15 is 0 Å². The van der Waals surface area contributed by atoms with Gasteiger partial charge in [-0.15, -0.1) is 0 Å². The van der Waals surface area contributed by atoms with E-state index in [-0.39, 0.29) is 6.10 Å². The van der Waals surface area contributed by atoms with Crippen LogP contribution in [0.3, 0.4) is 0 Å². The highest BCUT2D eigenvalue weighted by molar-refractivity contribution is 6.31. The first-order valence-corrected chi connectivity index (χ1v) is 6.25. The summed E-state index contributed by atoms with van der Waals surface area (Å²) in [5.74, 6) is 0. The van der Waals surface area contributed by atoms with Crippen LogP contribution >= 0.6 is 11.6 Å². The quantitative estimate of drug-likeness (QED) is 0.837. The van der Waals surface area contributed by atoms with Crippen LogP contribution in [0.4, 0.5) is 5.69 Å². The van der Waals surface area contributed by atoms with Crippen LogP contribution in [0.2, 0.25) is 5.02 Å². The zero-order chi connectivity index (χ0) is 13.0. The van der Waals surface area contributed by atoms with Crippen molar-refractivity contribution >= 4 is 17.3 Å². The Morgan fingerprint density at radius 2 is 1.83 bits per heavy atom. The molecule has 2 aromatic rings. The van der Waals surface area contributed by atoms with Crippen molar-refractivity contribution in [2.24, 2.45) is 0 Å². The summed E-state index contributed by atoms with van der Waals surface area (Å²) in [5, 5.41) is 0.648. The van der Waals surface area contributed by atoms with Gasteiger partial charge in [-0.2, -0.15) is 0 Å². The maximum atomic E-state index is 6.10. The van der Waals surface area contributed by atoms with Crippen LogP contribution in [0.25, 0.3) is 0 Å². The van der Waals surface area contributed by atoms with Gasteiger partial charge in [0.2, 0.25) is 0 Å². The molecule has 1 unspecified atom stereocenters. The Hall–Kier alpha value is -1.51. The molecule has 0 aliphatic rings. The number of hydrogen-bond donors (Lipinski definition) is 1. The molecule has 0 aliphatic carbocycles. The molecule has 0 spiro atoms. The van der Waals surface area contributed by atoms with Crippen molar-refractivity contribution in [1.82, 2.24) is 0 Å². The number of halogens is 1. The second-order valence-electron chi connectivity index (χ2n) is 4.17. The van der Waals surface area contributed by atoms with E-state index in [2.05, 4.69) is 0 Å². The molecule has 0 bridgehead atoms. The predicted molar refractivity (Wildman–Crippen MR) is 75.5 cm³/mol. The van der Waals surface area contributed by atoms with E-state index in [4.69, 9.17) is 22.1 Å². The van der Waals surface area contributed by atoms with E-state index in [9.17, 15) is 0 Å². The van der Waals surface area contributed by atoms with E-state index in [1.54, 1.807) is 0 Å². The lowest BCUT2D eigenvalue weighted by molar-refractivity contribution is 0.0529. The Balaban J connectivity index is 2.04. The zero-order valence-electron chi connectivity index (χ0n) is 10.3. The van der Waals surface area contributed by atoms with Crippen LogP contribution in [0.15, 0.2) is 48.5 Å². The van der Waals surface area contributed by atoms with Gasteiger partial charge in [0.05, 0.1) is 12.7 Å². The molecule has 94 valence electrons. The van der Waals surface area contributed by atoms with Crippen molar-refractivity contribution in [3.05, 3.63) is 64.7 Å². The van der Waals surface area contributed by atoms with E-state index in [1.807, 2.05) is 55.5 Å². The first kappa shape index (κ1) is 12.9. The largest absolute Gasteiger partial charge is 0.398 e. The standard InChI is InChI=1S/C15H16ClNO/c1-11(12-6-3-2-4-7-12)18-10-13-14(16)8-5-9-15(13)17/h2-9,11H,10,17H2,1H3. The van der Waals surface area contributed by atoms with Gasteiger partial charge in [0.1, 0.15) is 0 Å². The molecule has 0 fully saturated rings. The summed E-state index contributed by atoms with van der Waals surface area (Å²) in [6.45, 7) is 2.43. The monoisotopic (exact) mass is 261 g/mol. The van der Waals surface area contributed by atoms with Gasteiger partial charge in [-0.05, 0) is 24.6 Å². The van der Waals surface area contributed by atoms with E-state index in [1.165, 1.54) is 0 Å². The Kier molecular flexibility index (Phi) is 4.24. The minimum Gasteiger partial charge on any atom is -0.398 e. The van der Waals surface area contributed by atoms with E-state index in [0.29, 0.717) is 17.3 Å². The summed E-state index contributed by atoms with van der Waals surface area (Å²) >= 11 is 6.10. The van der Waals surface area contributed by atoms with Gasteiger partial charge in [0.25, 0.3) is 0 Å². The summed E-state index contributed by atoms with van der Waals surface area (Å²) in [6.07, 6.45) is 0.0156. The second-order valence-corrected chi connectivity index (χ2v) is 4.58. The lowest BCUT2D eigenvalue weighted by Crippen LogP contribution is -2.03. The maximum absolute atomic E-state index is 6.10. The third-order valence-corrected chi connectivity index (χ3v) is 3.26. The first-order valence-electron chi connectivity index (χ1n) is 5.88. The smallest absolute Gasteiger partial charge is 0.0801 e. The Morgan fingerprint density at radius 3 is 2.50 bits per heavy atom. The average Bonchev–Trinajstić information content (AvgIpc) is 2.39. The third kappa shape index (κ3) is 3.03. The molecular formula is C15H16ClNO. The first-order chi connectivity index (χ1) is 8.68. The van der Waals surface area contributed by atoms with Gasteiger partial charge in [-0.3, -0.25) is 0 Å². The summed E-state index contributed by atoms with van der Waals surface area (Å²) in [6, 6.07) is 15.6. The maximum Gasteiger partial charge on any atom is 0.0801 e. The molecule has 2 nitrogen and oxygen atoms in total. The highest BCUT2D eigenvalue weighted by Crippen LogP contribution is 2.25. The molecule has 0 aromatic heterocycles. The van der Waals surface area contributed by atoms with Crippen LogP contribution in [-0.4, -0.2) is 0 Å². The number of rotatable bonds is 4. The van der Waals surface area contributed by atoms with Crippen molar-refractivity contribution in [2.75, 3.05) is 5.73 Å². The molecule has 0 heterocycles. The second kappa shape index (κ2) is 5.89. The minimum atomic E-state index is 0.0156. The van der Waals surface area contributed by atoms with Gasteiger partial charge in [-0.1, -0.05) is 48.0 Å². The minimum absolute atomic E-state index is 0.0156. The summed E-state index contributed by atoms with van der Waals surface area (Å²) < 4.78 is 5.81.